The Kier molecular flexibility index (Phi) is 4.53. The topological polar surface area (TPSA) is 29.3 Å². The van der Waals surface area contributed by atoms with E-state index in [1.807, 2.05) is 0 Å². The maximum absolute atomic E-state index is 13.7. The van der Waals surface area contributed by atoms with Gasteiger partial charge >= 0.3 is 0 Å². The summed E-state index contributed by atoms with van der Waals surface area (Å²) in [6.45, 7) is 4.98. The molecule has 1 fully saturated rings. The van der Waals surface area contributed by atoms with Crippen LogP contribution < -0.4 is 5.73 Å². The van der Waals surface area contributed by atoms with Gasteiger partial charge in [-0.2, -0.15) is 0 Å². The van der Waals surface area contributed by atoms with Gasteiger partial charge in [0.15, 0.2) is 0 Å². The molecule has 106 valence electrons. The highest BCUT2D eigenvalue weighted by molar-refractivity contribution is 5.22. The summed E-state index contributed by atoms with van der Waals surface area (Å²) in [5.41, 5.74) is 6.49. The average molecular weight is 268 g/mol. The number of benzene rings is 1. The molecule has 0 amide bonds. The summed E-state index contributed by atoms with van der Waals surface area (Å²) >= 11 is 0. The standard InChI is InChI=1S/C15H22F2N2/c1-10-4-3-5-11(2)19(10)9-15(18)13-7-6-12(16)8-14(13)17/h6-8,10-11,15H,3-5,9,18H2,1-2H3/t10-,11+,15?. The third-order valence-corrected chi connectivity index (χ3v) is 4.15. The van der Waals surface area contributed by atoms with Crippen molar-refractivity contribution < 1.29 is 8.78 Å². The van der Waals surface area contributed by atoms with Crippen LogP contribution in [0.5, 0.6) is 0 Å². The van der Waals surface area contributed by atoms with Crippen molar-refractivity contribution in [1.82, 2.24) is 4.90 Å². The van der Waals surface area contributed by atoms with Gasteiger partial charge in [0.05, 0.1) is 0 Å². The highest BCUT2D eigenvalue weighted by Crippen LogP contribution is 2.25. The number of likely N-dealkylation sites (tertiary alicyclic amines) is 1. The van der Waals surface area contributed by atoms with Crippen LogP contribution in [0.4, 0.5) is 8.78 Å². The highest BCUT2D eigenvalue weighted by Gasteiger charge is 2.27. The highest BCUT2D eigenvalue weighted by atomic mass is 19.1. The molecule has 0 radical (unpaired) electrons. The first-order valence-electron chi connectivity index (χ1n) is 6.95. The normalized spacial score (nSPS) is 26.4. The zero-order valence-electron chi connectivity index (χ0n) is 11.6. The molecule has 4 heteroatoms. The summed E-state index contributed by atoms with van der Waals surface area (Å²) in [6.07, 6.45) is 3.55. The maximum Gasteiger partial charge on any atom is 0.130 e. The van der Waals surface area contributed by atoms with Gasteiger partial charge in [0, 0.05) is 36.3 Å². The molecule has 2 rings (SSSR count). The molecule has 0 saturated carbocycles. The molecule has 1 aliphatic heterocycles. The fraction of sp³-hybridized carbons (Fsp3) is 0.600. The first-order valence-corrected chi connectivity index (χ1v) is 6.95. The van der Waals surface area contributed by atoms with Crippen molar-refractivity contribution >= 4 is 0 Å². The molecule has 1 saturated heterocycles. The largest absolute Gasteiger partial charge is 0.323 e. The summed E-state index contributed by atoms with van der Waals surface area (Å²) in [7, 11) is 0. The first kappa shape index (κ1) is 14.4. The SMILES string of the molecule is C[C@@H]1CCC[C@H](C)N1CC(N)c1ccc(F)cc1F. The summed E-state index contributed by atoms with van der Waals surface area (Å²) in [5.74, 6) is -1.11. The van der Waals surface area contributed by atoms with E-state index in [9.17, 15) is 8.78 Å². The molecule has 1 aliphatic rings. The summed E-state index contributed by atoms with van der Waals surface area (Å²) in [6, 6.07) is 4.15. The molecule has 3 atom stereocenters. The fourth-order valence-electron chi connectivity index (χ4n) is 2.96. The van der Waals surface area contributed by atoms with E-state index < -0.39 is 17.7 Å². The average Bonchev–Trinajstić information content (AvgIpc) is 2.33. The minimum atomic E-state index is -0.562. The number of nitrogens with zero attached hydrogens (tertiary/aromatic N) is 1. The van der Waals surface area contributed by atoms with E-state index >= 15 is 0 Å². The van der Waals surface area contributed by atoms with Crippen LogP contribution in [0.2, 0.25) is 0 Å². The minimum Gasteiger partial charge on any atom is -0.323 e. The lowest BCUT2D eigenvalue weighted by Gasteiger charge is -2.40. The lowest BCUT2D eigenvalue weighted by molar-refractivity contribution is 0.0957. The molecule has 2 nitrogen and oxygen atoms in total. The monoisotopic (exact) mass is 268 g/mol. The van der Waals surface area contributed by atoms with E-state index in [1.165, 1.54) is 18.6 Å². The molecule has 0 bridgehead atoms. The molecule has 0 aromatic heterocycles. The summed E-state index contributed by atoms with van der Waals surface area (Å²) in [5, 5.41) is 0. The Labute approximate surface area is 113 Å². The maximum atomic E-state index is 13.7. The predicted octanol–water partition coefficient (Wildman–Crippen LogP) is 3.23. The number of hydrogen-bond acceptors (Lipinski definition) is 2. The number of rotatable bonds is 3. The van der Waals surface area contributed by atoms with Crippen molar-refractivity contribution in [1.29, 1.82) is 0 Å². The minimum absolute atomic E-state index is 0.395. The van der Waals surface area contributed by atoms with Crippen molar-refractivity contribution in [2.45, 2.75) is 51.2 Å². The molecular weight excluding hydrogens is 246 g/mol. The third-order valence-electron chi connectivity index (χ3n) is 4.15. The molecule has 0 spiro atoms. The lowest BCUT2D eigenvalue weighted by Crippen LogP contribution is -2.46. The molecular formula is C15H22F2N2. The second-order valence-electron chi connectivity index (χ2n) is 5.60. The van der Waals surface area contributed by atoms with Crippen molar-refractivity contribution in [2.75, 3.05) is 6.54 Å². The number of piperidine rings is 1. The molecule has 1 aromatic rings. The zero-order chi connectivity index (χ0) is 14.0. The van der Waals surface area contributed by atoms with E-state index in [4.69, 9.17) is 5.73 Å². The van der Waals surface area contributed by atoms with Gasteiger partial charge in [0.1, 0.15) is 11.6 Å². The number of halogens is 2. The smallest absolute Gasteiger partial charge is 0.130 e. The van der Waals surface area contributed by atoms with Crippen LogP contribution in [0.15, 0.2) is 18.2 Å². The van der Waals surface area contributed by atoms with Crippen LogP contribution in [-0.2, 0) is 0 Å². The summed E-state index contributed by atoms with van der Waals surface area (Å²) in [4.78, 5) is 2.33. The van der Waals surface area contributed by atoms with E-state index in [2.05, 4.69) is 18.7 Å². The van der Waals surface area contributed by atoms with Gasteiger partial charge < -0.3 is 5.73 Å². The molecule has 2 N–H and O–H groups in total. The molecule has 0 aliphatic carbocycles. The molecule has 1 heterocycles. The van der Waals surface area contributed by atoms with Crippen molar-refractivity contribution in [2.24, 2.45) is 5.73 Å². The quantitative estimate of drug-likeness (QED) is 0.912. The number of nitrogens with two attached hydrogens (primary N) is 1. The van der Waals surface area contributed by atoms with Gasteiger partial charge in [-0.1, -0.05) is 12.5 Å². The second-order valence-corrected chi connectivity index (χ2v) is 5.60. The Morgan fingerprint density at radius 3 is 2.47 bits per heavy atom. The predicted molar refractivity (Wildman–Crippen MR) is 72.8 cm³/mol. The molecule has 1 unspecified atom stereocenters. The van der Waals surface area contributed by atoms with Crippen molar-refractivity contribution in [3.05, 3.63) is 35.4 Å². The fourth-order valence-corrected chi connectivity index (χ4v) is 2.96. The van der Waals surface area contributed by atoms with Gasteiger partial charge in [-0.05, 0) is 32.8 Å². The van der Waals surface area contributed by atoms with Crippen LogP contribution >= 0.6 is 0 Å². The van der Waals surface area contributed by atoms with Crippen LogP contribution in [0, 0.1) is 11.6 Å². The van der Waals surface area contributed by atoms with Gasteiger partial charge in [-0.15, -0.1) is 0 Å². The molecule has 1 aromatic carbocycles. The van der Waals surface area contributed by atoms with Crippen LogP contribution in [-0.4, -0.2) is 23.5 Å². The third kappa shape index (κ3) is 3.31. The van der Waals surface area contributed by atoms with Gasteiger partial charge in [0.25, 0.3) is 0 Å². The van der Waals surface area contributed by atoms with Crippen molar-refractivity contribution in [3.8, 4) is 0 Å². The van der Waals surface area contributed by atoms with Crippen LogP contribution in [0.3, 0.4) is 0 Å². The van der Waals surface area contributed by atoms with Crippen LogP contribution in [0.1, 0.15) is 44.7 Å². The summed E-state index contributed by atoms with van der Waals surface area (Å²) < 4.78 is 26.6. The van der Waals surface area contributed by atoms with Gasteiger partial charge in [-0.3, -0.25) is 4.90 Å². The zero-order valence-corrected chi connectivity index (χ0v) is 11.6. The van der Waals surface area contributed by atoms with Gasteiger partial charge in [0.2, 0.25) is 0 Å². The number of hydrogen-bond donors (Lipinski definition) is 1. The van der Waals surface area contributed by atoms with Crippen LogP contribution in [0.25, 0.3) is 0 Å². The van der Waals surface area contributed by atoms with Gasteiger partial charge in [-0.25, -0.2) is 8.78 Å². The van der Waals surface area contributed by atoms with E-state index in [0.29, 0.717) is 24.2 Å². The first-order chi connectivity index (χ1) is 8.99. The Bertz CT molecular complexity index is 426. The Hall–Kier alpha value is -1.00. The Balaban J connectivity index is 2.09. The second kappa shape index (κ2) is 5.97. The lowest BCUT2D eigenvalue weighted by atomic mass is 9.95. The van der Waals surface area contributed by atoms with E-state index in [-0.39, 0.29) is 0 Å². The Morgan fingerprint density at radius 2 is 1.89 bits per heavy atom. The van der Waals surface area contributed by atoms with E-state index in [0.717, 1.165) is 18.9 Å². The Morgan fingerprint density at radius 1 is 1.26 bits per heavy atom. The molecule has 19 heavy (non-hydrogen) atoms. The van der Waals surface area contributed by atoms with E-state index in [1.54, 1.807) is 0 Å². The van der Waals surface area contributed by atoms with Crippen molar-refractivity contribution in [3.63, 3.8) is 0 Å².